The standard InChI is InChI=1S/C27H26N2O3S/c1-31-24-17-19(8-12-23(24)32-15-14-28)9-13-26(30)29-27(25-7-4-16-33-25)22-11-10-20-5-2-3-6-21(20)18-22/h4,7-13,16-18,27H,2-3,5-6,15H2,1H3,(H,29,30)/b13-9+. The highest BCUT2D eigenvalue weighted by molar-refractivity contribution is 7.10. The lowest BCUT2D eigenvalue weighted by Gasteiger charge is -2.21. The number of ether oxygens (including phenoxy) is 2. The van der Waals surface area contributed by atoms with Crippen molar-refractivity contribution in [2.24, 2.45) is 0 Å². The molecule has 1 aromatic heterocycles. The van der Waals surface area contributed by atoms with Gasteiger partial charge in [0.25, 0.3) is 0 Å². The lowest BCUT2D eigenvalue weighted by molar-refractivity contribution is -0.116. The van der Waals surface area contributed by atoms with E-state index in [4.69, 9.17) is 14.7 Å². The van der Waals surface area contributed by atoms with Gasteiger partial charge in [0.15, 0.2) is 18.1 Å². The van der Waals surface area contributed by atoms with Crippen molar-refractivity contribution in [3.63, 3.8) is 0 Å². The number of carbonyl (C=O) groups excluding carboxylic acids is 1. The molecule has 0 radical (unpaired) electrons. The predicted octanol–water partition coefficient (Wildman–Crippen LogP) is 5.46. The van der Waals surface area contributed by atoms with Crippen LogP contribution in [0.1, 0.15) is 46.0 Å². The molecule has 5 nitrogen and oxygen atoms in total. The number of nitrogens with zero attached hydrogens (tertiary/aromatic N) is 1. The summed E-state index contributed by atoms with van der Waals surface area (Å²) in [6.07, 6.45) is 7.98. The summed E-state index contributed by atoms with van der Waals surface area (Å²) in [6, 6.07) is 17.8. The maximum Gasteiger partial charge on any atom is 0.244 e. The van der Waals surface area contributed by atoms with Crippen LogP contribution in [0, 0.1) is 11.3 Å². The minimum atomic E-state index is -0.189. The first kappa shape index (κ1) is 22.6. The van der Waals surface area contributed by atoms with Crippen molar-refractivity contribution >= 4 is 23.3 Å². The Hall–Kier alpha value is -3.56. The summed E-state index contributed by atoms with van der Waals surface area (Å²) >= 11 is 1.64. The summed E-state index contributed by atoms with van der Waals surface area (Å²) in [5.74, 6) is 0.832. The van der Waals surface area contributed by atoms with E-state index in [-0.39, 0.29) is 18.6 Å². The number of fused-ring (bicyclic) bond motifs is 1. The van der Waals surface area contributed by atoms with Gasteiger partial charge in [0.05, 0.1) is 13.2 Å². The Balaban J connectivity index is 1.51. The third-order valence-corrected chi connectivity index (χ3v) is 6.66. The maximum atomic E-state index is 12.9. The molecule has 0 fully saturated rings. The van der Waals surface area contributed by atoms with Gasteiger partial charge in [-0.25, -0.2) is 0 Å². The molecule has 1 heterocycles. The first-order chi connectivity index (χ1) is 16.2. The third kappa shape index (κ3) is 5.63. The second-order valence-electron chi connectivity index (χ2n) is 7.88. The largest absolute Gasteiger partial charge is 0.493 e. The fourth-order valence-corrected chi connectivity index (χ4v) is 4.89. The average Bonchev–Trinajstić information content (AvgIpc) is 3.39. The number of hydrogen-bond donors (Lipinski definition) is 1. The summed E-state index contributed by atoms with van der Waals surface area (Å²) in [6.45, 7) is -0.0548. The minimum absolute atomic E-state index is 0.0548. The molecule has 168 valence electrons. The Morgan fingerprint density at radius 3 is 2.76 bits per heavy atom. The van der Waals surface area contributed by atoms with E-state index in [2.05, 4.69) is 29.6 Å². The molecule has 1 N–H and O–H groups in total. The molecule has 3 aromatic rings. The molecule has 1 amide bonds. The van der Waals surface area contributed by atoms with Crippen LogP contribution >= 0.6 is 11.3 Å². The lowest BCUT2D eigenvalue weighted by Crippen LogP contribution is -2.27. The van der Waals surface area contributed by atoms with E-state index in [1.807, 2.05) is 23.6 Å². The van der Waals surface area contributed by atoms with Crippen molar-refractivity contribution < 1.29 is 14.3 Å². The molecule has 1 aliphatic carbocycles. The molecule has 2 aromatic carbocycles. The van der Waals surface area contributed by atoms with Crippen molar-refractivity contribution in [2.45, 2.75) is 31.7 Å². The monoisotopic (exact) mass is 458 g/mol. The van der Waals surface area contributed by atoms with E-state index >= 15 is 0 Å². The van der Waals surface area contributed by atoms with Crippen LogP contribution < -0.4 is 14.8 Å². The van der Waals surface area contributed by atoms with Crippen LogP contribution in [0.5, 0.6) is 11.5 Å². The lowest BCUT2D eigenvalue weighted by atomic mass is 9.89. The Kier molecular flexibility index (Phi) is 7.43. The summed E-state index contributed by atoms with van der Waals surface area (Å²) < 4.78 is 10.7. The molecule has 1 aliphatic rings. The third-order valence-electron chi connectivity index (χ3n) is 5.73. The number of rotatable bonds is 8. The van der Waals surface area contributed by atoms with Gasteiger partial charge in [-0.15, -0.1) is 11.3 Å². The van der Waals surface area contributed by atoms with Gasteiger partial charge >= 0.3 is 0 Å². The quantitative estimate of drug-likeness (QED) is 0.455. The Morgan fingerprint density at radius 2 is 2.00 bits per heavy atom. The Labute approximate surface area is 198 Å². The van der Waals surface area contributed by atoms with Gasteiger partial charge in [0.1, 0.15) is 6.07 Å². The van der Waals surface area contributed by atoms with Crippen molar-refractivity contribution in [1.29, 1.82) is 5.26 Å². The number of amides is 1. The van der Waals surface area contributed by atoms with E-state index in [0.29, 0.717) is 11.5 Å². The number of aryl methyl sites for hydroxylation is 2. The topological polar surface area (TPSA) is 71.3 Å². The summed E-state index contributed by atoms with van der Waals surface area (Å²) in [5.41, 5.74) is 4.74. The molecule has 1 unspecified atom stereocenters. The maximum absolute atomic E-state index is 12.9. The van der Waals surface area contributed by atoms with Gasteiger partial charge in [0, 0.05) is 11.0 Å². The highest BCUT2D eigenvalue weighted by atomic mass is 32.1. The molecular formula is C27H26N2O3S. The van der Waals surface area contributed by atoms with Gasteiger partial charge in [0.2, 0.25) is 5.91 Å². The SMILES string of the molecule is COc1cc(/C=C/C(=O)NC(c2ccc3c(c2)CCCC3)c2cccs2)ccc1OCC#N. The number of carbonyl (C=O) groups is 1. The van der Waals surface area contributed by atoms with E-state index in [0.717, 1.165) is 28.8 Å². The molecule has 0 spiro atoms. The van der Waals surface area contributed by atoms with Gasteiger partial charge < -0.3 is 14.8 Å². The van der Waals surface area contributed by atoms with Crippen LogP contribution in [-0.2, 0) is 17.6 Å². The van der Waals surface area contributed by atoms with Crippen molar-refractivity contribution in [1.82, 2.24) is 5.32 Å². The second-order valence-corrected chi connectivity index (χ2v) is 8.86. The van der Waals surface area contributed by atoms with Crippen LogP contribution in [0.4, 0.5) is 0 Å². The molecule has 6 heteroatoms. The van der Waals surface area contributed by atoms with Crippen LogP contribution in [0.15, 0.2) is 60.0 Å². The zero-order valence-corrected chi connectivity index (χ0v) is 19.4. The Morgan fingerprint density at radius 1 is 1.15 bits per heavy atom. The molecule has 1 atom stereocenters. The van der Waals surface area contributed by atoms with Crippen LogP contribution in [0.3, 0.4) is 0 Å². The minimum Gasteiger partial charge on any atom is -0.493 e. The normalized spacial score (nSPS) is 13.7. The number of nitriles is 1. The summed E-state index contributed by atoms with van der Waals surface area (Å²) in [4.78, 5) is 14.0. The fraction of sp³-hybridized carbons (Fsp3) is 0.259. The van der Waals surface area contributed by atoms with Crippen LogP contribution in [-0.4, -0.2) is 19.6 Å². The summed E-state index contributed by atoms with van der Waals surface area (Å²) in [7, 11) is 1.54. The van der Waals surface area contributed by atoms with E-state index < -0.39 is 0 Å². The van der Waals surface area contributed by atoms with Crippen LogP contribution in [0.25, 0.3) is 6.08 Å². The van der Waals surface area contributed by atoms with Gasteiger partial charge in [-0.2, -0.15) is 5.26 Å². The van der Waals surface area contributed by atoms with E-state index in [1.165, 1.54) is 30.0 Å². The summed E-state index contributed by atoms with van der Waals surface area (Å²) in [5, 5.41) is 13.9. The first-order valence-electron chi connectivity index (χ1n) is 11.0. The second kappa shape index (κ2) is 10.8. The number of benzene rings is 2. The highest BCUT2D eigenvalue weighted by Gasteiger charge is 2.19. The van der Waals surface area contributed by atoms with Crippen molar-refractivity contribution in [2.75, 3.05) is 13.7 Å². The van der Waals surface area contributed by atoms with Crippen LogP contribution in [0.2, 0.25) is 0 Å². The highest BCUT2D eigenvalue weighted by Crippen LogP contribution is 2.31. The smallest absolute Gasteiger partial charge is 0.244 e. The van der Waals surface area contributed by atoms with E-state index in [9.17, 15) is 4.79 Å². The van der Waals surface area contributed by atoms with Crippen molar-refractivity contribution in [3.8, 4) is 17.6 Å². The molecule has 33 heavy (non-hydrogen) atoms. The Bertz CT molecular complexity index is 1180. The molecule has 0 aliphatic heterocycles. The van der Waals surface area contributed by atoms with Gasteiger partial charge in [-0.3, -0.25) is 4.79 Å². The number of hydrogen-bond acceptors (Lipinski definition) is 5. The van der Waals surface area contributed by atoms with E-state index in [1.54, 1.807) is 36.7 Å². The molecule has 4 rings (SSSR count). The molecule has 0 saturated heterocycles. The average molecular weight is 459 g/mol. The number of methoxy groups -OCH3 is 1. The fourth-order valence-electron chi connectivity index (χ4n) is 4.09. The zero-order valence-electron chi connectivity index (χ0n) is 18.5. The number of thiophene rings is 1. The molecular weight excluding hydrogens is 432 g/mol. The number of nitrogens with one attached hydrogen (secondary N) is 1. The zero-order chi connectivity index (χ0) is 23.0. The predicted molar refractivity (Wildman–Crippen MR) is 131 cm³/mol. The van der Waals surface area contributed by atoms with Gasteiger partial charge in [-0.05, 0) is 77.6 Å². The van der Waals surface area contributed by atoms with Gasteiger partial charge in [-0.1, -0.05) is 30.3 Å². The molecule has 0 saturated carbocycles. The molecule has 0 bridgehead atoms. The first-order valence-corrected chi connectivity index (χ1v) is 11.9. The van der Waals surface area contributed by atoms with Crippen molar-refractivity contribution in [3.05, 3.63) is 87.1 Å².